The Labute approximate surface area is 176 Å². The summed E-state index contributed by atoms with van der Waals surface area (Å²) in [7, 11) is 0. The molecule has 142 valence electrons. The van der Waals surface area contributed by atoms with Gasteiger partial charge in [0.15, 0.2) is 0 Å². The zero-order valence-corrected chi connectivity index (χ0v) is 17.0. The molecule has 0 N–H and O–H groups in total. The van der Waals surface area contributed by atoms with Crippen molar-refractivity contribution in [1.29, 1.82) is 0 Å². The first-order valence-corrected chi connectivity index (χ1v) is 10.6. The monoisotopic (exact) mass is 395 g/mol. The summed E-state index contributed by atoms with van der Waals surface area (Å²) < 4.78 is 0. The van der Waals surface area contributed by atoms with Crippen molar-refractivity contribution in [2.75, 3.05) is 0 Å². The fourth-order valence-corrected chi connectivity index (χ4v) is 4.69. The van der Waals surface area contributed by atoms with E-state index in [1.165, 1.54) is 63.7 Å². The van der Waals surface area contributed by atoms with E-state index >= 15 is 0 Å². The molecular weight excluding hydrogens is 374 g/mol. The Balaban J connectivity index is 0.000000153. The van der Waals surface area contributed by atoms with Gasteiger partial charge in [-0.2, -0.15) is 0 Å². The van der Waals surface area contributed by atoms with Gasteiger partial charge in [0.2, 0.25) is 0 Å². The summed E-state index contributed by atoms with van der Waals surface area (Å²) in [5, 5.41) is 8.47. The first-order valence-electron chi connectivity index (χ1n) is 10.2. The molecule has 0 spiro atoms. The van der Waals surface area contributed by atoms with Crippen LogP contribution in [0.25, 0.3) is 32.3 Å². The largest absolute Gasteiger partial charge is 0.264 e. The van der Waals surface area contributed by atoms with Gasteiger partial charge in [-0.15, -0.1) is 0 Å². The van der Waals surface area contributed by atoms with E-state index in [-0.39, 0.29) is 0 Å². The molecule has 6 rings (SSSR count). The van der Waals surface area contributed by atoms with Crippen LogP contribution >= 0.6 is 11.6 Å². The van der Waals surface area contributed by atoms with Gasteiger partial charge in [-0.05, 0) is 75.9 Å². The minimum Gasteiger partial charge on any atom is -0.264 e. The molecule has 0 saturated carbocycles. The number of rotatable bonds is 0. The van der Waals surface area contributed by atoms with Crippen molar-refractivity contribution in [2.45, 2.75) is 25.7 Å². The van der Waals surface area contributed by atoms with Crippen molar-refractivity contribution in [2.24, 2.45) is 0 Å². The predicted octanol–water partition coefficient (Wildman–Crippen LogP) is 7.76. The Kier molecular flexibility index (Phi) is 4.91. The van der Waals surface area contributed by atoms with E-state index in [0.717, 1.165) is 10.4 Å². The molecule has 0 fully saturated rings. The van der Waals surface area contributed by atoms with Crippen molar-refractivity contribution < 1.29 is 0 Å². The second kappa shape index (κ2) is 7.85. The Morgan fingerprint density at radius 3 is 2.24 bits per heavy atom. The van der Waals surface area contributed by atoms with Crippen LogP contribution in [0.5, 0.6) is 0 Å². The van der Waals surface area contributed by atoms with E-state index in [2.05, 4.69) is 59.6 Å². The van der Waals surface area contributed by atoms with E-state index in [4.69, 9.17) is 11.6 Å². The third kappa shape index (κ3) is 3.47. The fraction of sp³-hybridized carbons (Fsp3) is 0.148. The predicted molar refractivity (Wildman–Crippen MR) is 125 cm³/mol. The lowest BCUT2D eigenvalue weighted by Crippen LogP contribution is -2.03. The van der Waals surface area contributed by atoms with Crippen LogP contribution < -0.4 is 0 Å². The van der Waals surface area contributed by atoms with Gasteiger partial charge in [0.25, 0.3) is 0 Å². The normalized spacial score (nSPS) is 13.1. The highest BCUT2D eigenvalue weighted by molar-refractivity contribution is 6.37. The van der Waals surface area contributed by atoms with E-state index in [1.54, 1.807) is 0 Å². The van der Waals surface area contributed by atoms with Crippen molar-refractivity contribution in [3.8, 4) is 0 Å². The van der Waals surface area contributed by atoms with Gasteiger partial charge in [0.05, 0.1) is 0 Å². The Hall–Kier alpha value is -2.90. The van der Waals surface area contributed by atoms with E-state index in [9.17, 15) is 0 Å². The van der Waals surface area contributed by atoms with Gasteiger partial charge < -0.3 is 0 Å². The number of pyridine rings is 1. The highest BCUT2D eigenvalue weighted by atomic mass is 35.5. The van der Waals surface area contributed by atoms with Gasteiger partial charge in [-0.25, -0.2) is 0 Å². The lowest BCUT2D eigenvalue weighted by molar-refractivity contribution is 0.690. The Morgan fingerprint density at radius 2 is 1.38 bits per heavy atom. The van der Waals surface area contributed by atoms with Crippen LogP contribution in [0.3, 0.4) is 0 Å². The molecule has 2 heteroatoms. The number of aromatic nitrogens is 1. The van der Waals surface area contributed by atoms with E-state index < -0.39 is 0 Å². The summed E-state index contributed by atoms with van der Waals surface area (Å²) in [5.74, 6) is 0. The van der Waals surface area contributed by atoms with Crippen LogP contribution in [-0.4, -0.2) is 4.98 Å². The molecule has 1 heterocycles. The van der Waals surface area contributed by atoms with Gasteiger partial charge in [-0.3, -0.25) is 4.98 Å². The number of halogens is 1. The molecule has 0 aliphatic heterocycles. The number of hydrogen-bond acceptors (Lipinski definition) is 1. The Bertz CT molecular complexity index is 1260. The summed E-state index contributed by atoms with van der Waals surface area (Å²) in [6.07, 6.45) is 8.71. The summed E-state index contributed by atoms with van der Waals surface area (Å²) in [6.45, 7) is 0. The molecule has 1 aliphatic rings. The number of fused-ring (bicyclic) bond motifs is 6. The first-order chi connectivity index (χ1) is 14.3. The molecule has 0 saturated heterocycles. The molecule has 1 nitrogen and oxygen atoms in total. The molecule has 5 aromatic rings. The van der Waals surface area contributed by atoms with Gasteiger partial charge in [0, 0.05) is 22.8 Å². The zero-order chi connectivity index (χ0) is 19.6. The SMILES string of the molecule is Clc1cc2c3c(ccc2c2ccccc12)CCCC3.c1ccc2cnccc2c1. The number of benzene rings is 4. The van der Waals surface area contributed by atoms with Crippen LogP contribution in [0, 0.1) is 0 Å². The lowest BCUT2D eigenvalue weighted by Gasteiger charge is -2.19. The molecule has 0 unspecified atom stereocenters. The maximum atomic E-state index is 6.48. The first kappa shape index (κ1) is 18.1. The van der Waals surface area contributed by atoms with E-state index in [1.807, 2.05) is 30.6 Å². The van der Waals surface area contributed by atoms with Crippen LogP contribution in [0.15, 0.2) is 85.2 Å². The molecular formula is C27H22ClN. The molecule has 0 amide bonds. The van der Waals surface area contributed by atoms with Crippen LogP contribution in [0.2, 0.25) is 5.02 Å². The van der Waals surface area contributed by atoms with E-state index in [0.29, 0.717) is 0 Å². The Morgan fingerprint density at radius 1 is 0.655 bits per heavy atom. The van der Waals surface area contributed by atoms with Gasteiger partial charge in [0.1, 0.15) is 0 Å². The number of nitrogens with zero attached hydrogens (tertiary/aromatic N) is 1. The van der Waals surface area contributed by atoms with Crippen molar-refractivity contribution >= 4 is 43.9 Å². The second-order valence-electron chi connectivity index (χ2n) is 7.63. The highest BCUT2D eigenvalue weighted by Gasteiger charge is 2.14. The van der Waals surface area contributed by atoms with Crippen LogP contribution in [0.1, 0.15) is 24.0 Å². The topological polar surface area (TPSA) is 12.9 Å². The maximum Gasteiger partial charge on any atom is 0.0490 e. The van der Waals surface area contributed by atoms with Gasteiger partial charge in [-0.1, -0.05) is 72.3 Å². The zero-order valence-electron chi connectivity index (χ0n) is 16.2. The van der Waals surface area contributed by atoms with Crippen molar-refractivity contribution in [3.63, 3.8) is 0 Å². The highest BCUT2D eigenvalue weighted by Crippen LogP contribution is 2.36. The summed E-state index contributed by atoms with van der Waals surface area (Å²) in [4.78, 5) is 4.01. The second-order valence-corrected chi connectivity index (χ2v) is 8.04. The summed E-state index contributed by atoms with van der Waals surface area (Å²) in [6, 6.07) is 25.4. The van der Waals surface area contributed by atoms with Crippen LogP contribution in [-0.2, 0) is 12.8 Å². The standard InChI is InChI=1S/C18H15Cl.C9H7N/c19-18-11-17-13-6-2-1-5-12(13)9-10-15(17)14-7-3-4-8-16(14)18;1-2-4-9-7-10-6-5-8(9)3-1/h3-4,7-11H,1-2,5-6H2;1-7H. The molecule has 0 radical (unpaired) electrons. The smallest absolute Gasteiger partial charge is 0.0490 e. The molecule has 1 aromatic heterocycles. The minimum absolute atomic E-state index is 0.877. The summed E-state index contributed by atoms with van der Waals surface area (Å²) in [5.41, 5.74) is 3.04. The average Bonchev–Trinajstić information content (AvgIpc) is 2.80. The maximum absolute atomic E-state index is 6.48. The lowest BCUT2D eigenvalue weighted by atomic mass is 9.86. The molecule has 0 bridgehead atoms. The fourth-order valence-electron chi connectivity index (χ4n) is 4.41. The quantitative estimate of drug-likeness (QED) is 0.244. The molecule has 1 aliphatic carbocycles. The van der Waals surface area contributed by atoms with Crippen molar-refractivity contribution in [3.05, 3.63) is 101 Å². The van der Waals surface area contributed by atoms with Crippen molar-refractivity contribution in [1.82, 2.24) is 4.98 Å². The average molecular weight is 396 g/mol. The third-order valence-electron chi connectivity index (χ3n) is 5.87. The number of hydrogen-bond donors (Lipinski definition) is 0. The summed E-state index contributed by atoms with van der Waals surface area (Å²) >= 11 is 6.48. The molecule has 4 aromatic carbocycles. The third-order valence-corrected chi connectivity index (χ3v) is 6.19. The molecule has 29 heavy (non-hydrogen) atoms. The molecule has 0 atom stereocenters. The number of aryl methyl sites for hydroxylation is 2. The minimum atomic E-state index is 0.877. The van der Waals surface area contributed by atoms with Crippen LogP contribution in [0.4, 0.5) is 0 Å². The van der Waals surface area contributed by atoms with Gasteiger partial charge >= 0.3 is 0 Å².